The number of nitrogens with zero attached hydrogens (tertiary/aromatic N) is 1. The lowest BCUT2D eigenvalue weighted by molar-refractivity contribution is 0.456. The second-order valence-electron chi connectivity index (χ2n) is 2.32. The Morgan fingerprint density at radius 3 is 2.83 bits per heavy atom. The van der Waals surface area contributed by atoms with Crippen LogP contribution in [0.5, 0.6) is 0 Å². The van der Waals surface area contributed by atoms with Gasteiger partial charge in [0, 0.05) is 6.20 Å². The Morgan fingerprint density at radius 2 is 2.42 bits per heavy atom. The van der Waals surface area contributed by atoms with Crippen molar-refractivity contribution in [2.45, 2.75) is 13.0 Å². The Morgan fingerprint density at radius 1 is 1.75 bits per heavy atom. The molecular weight excluding hydrogens is 182 g/mol. The number of imidazole rings is 1. The van der Waals surface area contributed by atoms with E-state index in [0.717, 1.165) is 0 Å². The number of aromatic amines is 1. The lowest BCUT2D eigenvalue weighted by Crippen LogP contribution is -2.25. The predicted molar refractivity (Wildman–Crippen MR) is 41.7 cm³/mol. The maximum atomic E-state index is 10.3. The fraction of sp³-hybridized carbons (Fsp3) is 0.400. The fourth-order valence-corrected chi connectivity index (χ4v) is 1.36. The van der Waals surface area contributed by atoms with E-state index in [9.17, 15) is 8.42 Å². The molecule has 0 saturated carbocycles. The second-order valence-corrected chi connectivity index (χ2v) is 3.51. The molecule has 12 heavy (non-hydrogen) atoms. The van der Waals surface area contributed by atoms with E-state index in [1.54, 1.807) is 6.92 Å². The Bertz CT molecular complexity index is 331. The number of hydrogen-bond acceptors (Lipinski definition) is 3. The smallest absolute Gasteiger partial charge is 0.333 e. The highest BCUT2D eigenvalue weighted by molar-refractivity contribution is 7.83. The highest BCUT2D eigenvalue weighted by Crippen LogP contribution is 2.07. The summed E-state index contributed by atoms with van der Waals surface area (Å²) in [6.07, 6.45) is 2.90. The number of H-pyrrole nitrogens is 1. The van der Waals surface area contributed by atoms with Crippen molar-refractivity contribution in [3.8, 4) is 0 Å². The van der Waals surface area contributed by atoms with Gasteiger partial charge in [0.05, 0.1) is 18.1 Å². The van der Waals surface area contributed by atoms with Crippen LogP contribution in [0.25, 0.3) is 0 Å². The first-order chi connectivity index (χ1) is 5.49. The van der Waals surface area contributed by atoms with Gasteiger partial charge in [0.25, 0.3) is 0 Å². The van der Waals surface area contributed by atoms with Crippen molar-refractivity contribution in [1.82, 2.24) is 14.7 Å². The monoisotopic (exact) mass is 191 g/mol. The molecular formula is C5H9N3O3S. The van der Waals surface area contributed by atoms with Gasteiger partial charge in [-0.2, -0.15) is 13.1 Å². The van der Waals surface area contributed by atoms with Gasteiger partial charge in [0.15, 0.2) is 0 Å². The quantitative estimate of drug-likeness (QED) is 0.579. The molecule has 0 bridgehead atoms. The van der Waals surface area contributed by atoms with Gasteiger partial charge in [-0.1, -0.05) is 0 Å². The molecule has 6 nitrogen and oxygen atoms in total. The minimum atomic E-state index is -4.15. The molecule has 0 saturated heterocycles. The zero-order valence-corrected chi connectivity index (χ0v) is 7.17. The Balaban J connectivity index is 2.68. The topological polar surface area (TPSA) is 95.1 Å². The molecule has 0 spiro atoms. The van der Waals surface area contributed by atoms with Crippen LogP contribution in [-0.2, 0) is 10.3 Å². The van der Waals surface area contributed by atoms with Crippen LogP contribution in [0.4, 0.5) is 0 Å². The molecule has 1 rings (SSSR count). The van der Waals surface area contributed by atoms with Crippen LogP contribution in [0.1, 0.15) is 18.7 Å². The van der Waals surface area contributed by atoms with Crippen LogP contribution in [-0.4, -0.2) is 22.9 Å². The summed E-state index contributed by atoms with van der Waals surface area (Å²) in [5.41, 5.74) is 0.590. The van der Waals surface area contributed by atoms with Crippen LogP contribution >= 0.6 is 0 Å². The zero-order valence-electron chi connectivity index (χ0n) is 6.35. The molecule has 1 aromatic heterocycles. The molecule has 1 atom stereocenters. The first-order valence-corrected chi connectivity index (χ1v) is 4.66. The number of nitrogens with one attached hydrogen (secondary N) is 2. The molecule has 0 unspecified atom stereocenters. The average molecular weight is 191 g/mol. The van der Waals surface area contributed by atoms with E-state index in [0.29, 0.717) is 5.69 Å². The summed E-state index contributed by atoms with van der Waals surface area (Å²) in [4.78, 5) is 6.41. The molecule has 7 heteroatoms. The van der Waals surface area contributed by atoms with Gasteiger partial charge in [-0.05, 0) is 6.92 Å². The standard InChI is InChI=1S/C5H9N3O3S/c1-4(8-12(9,10)11)5-2-6-3-7-5/h2-4,8H,1H3,(H,6,7)(H,9,10,11)/t4-/m1/s1. The minimum absolute atomic E-state index is 0.512. The molecule has 3 N–H and O–H groups in total. The van der Waals surface area contributed by atoms with E-state index in [2.05, 4.69) is 9.97 Å². The summed E-state index contributed by atoms with van der Waals surface area (Å²) in [6.45, 7) is 1.58. The Labute approximate surface area is 69.9 Å². The number of rotatable bonds is 3. The molecule has 1 heterocycles. The molecule has 0 fully saturated rings. The van der Waals surface area contributed by atoms with Crippen molar-refractivity contribution in [2.24, 2.45) is 0 Å². The Hall–Kier alpha value is -0.920. The summed E-state index contributed by atoms with van der Waals surface area (Å²) in [7, 11) is -4.15. The maximum absolute atomic E-state index is 10.3. The number of hydrogen-bond donors (Lipinski definition) is 3. The summed E-state index contributed by atoms with van der Waals surface area (Å²) in [5, 5.41) is 0. The molecule has 0 radical (unpaired) electrons. The SMILES string of the molecule is C[C@@H](NS(=O)(=O)O)c1cnc[nH]1. The molecule has 0 aliphatic carbocycles. The first-order valence-electron chi connectivity index (χ1n) is 3.22. The van der Waals surface area contributed by atoms with E-state index in [1.165, 1.54) is 12.5 Å². The molecule has 0 aliphatic heterocycles. The molecule has 0 aliphatic rings. The van der Waals surface area contributed by atoms with Crippen LogP contribution < -0.4 is 4.72 Å². The molecule has 0 aromatic carbocycles. The highest BCUT2D eigenvalue weighted by Gasteiger charge is 2.12. The van der Waals surface area contributed by atoms with Gasteiger partial charge >= 0.3 is 10.3 Å². The van der Waals surface area contributed by atoms with Crippen molar-refractivity contribution in [3.63, 3.8) is 0 Å². The third-order valence-electron chi connectivity index (χ3n) is 1.31. The van der Waals surface area contributed by atoms with E-state index >= 15 is 0 Å². The minimum Gasteiger partial charge on any atom is -0.347 e. The van der Waals surface area contributed by atoms with Crippen LogP contribution in [0.3, 0.4) is 0 Å². The van der Waals surface area contributed by atoms with Gasteiger partial charge < -0.3 is 4.98 Å². The summed E-state index contributed by atoms with van der Waals surface area (Å²) in [5.74, 6) is 0. The van der Waals surface area contributed by atoms with Gasteiger partial charge in [-0.15, -0.1) is 0 Å². The van der Waals surface area contributed by atoms with E-state index < -0.39 is 16.3 Å². The van der Waals surface area contributed by atoms with Crippen molar-refractivity contribution in [1.29, 1.82) is 0 Å². The normalized spacial score (nSPS) is 14.5. The fourth-order valence-electron chi connectivity index (χ4n) is 0.790. The van der Waals surface area contributed by atoms with Gasteiger partial charge in [0.1, 0.15) is 0 Å². The van der Waals surface area contributed by atoms with Gasteiger partial charge in [-0.25, -0.2) is 4.98 Å². The first kappa shape index (κ1) is 9.17. The van der Waals surface area contributed by atoms with E-state index in [-0.39, 0.29) is 0 Å². The predicted octanol–water partition coefficient (Wildman–Crippen LogP) is -0.137. The highest BCUT2D eigenvalue weighted by atomic mass is 32.2. The second kappa shape index (κ2) is 3.21. The molecule has 0 amide bonds. The largest absolute Gasteiger partial charge is 0.347 e. The lowest BCUT2D eigenvalue weighted by Gasteiger charge is -2.07. The third kappa shape index (κ3) is 2.61. The van der Waals surface area contributed by atoms with E-state index in [1.807, 2.05) is 4.72 Å². The van der Waals surface area contributed by atoms with Crippen LogP contribution in [0, 0.1) is 0 Å². The van der Waals surface area contributed by atoms with Gasteiger partial charge in [0.2, 0.25) is 0 Å². The van der Waals surface area contributed by atoms with Crippen molar-refractivity contribution in [3.05, 3.63) is 18.2 Å². The molecule has 68 valence electrons. The summed E-state index contributed by atoms with van der Waals surface area (Å²) in [6, 6.07) is -0.512. The van der Waals surface area contributed by atoms with Crippen LogP contribution in [0.2, 0.25) is 0 Å². The third-order valence-corrected chi connectivity index (χ3v) is 1.96. The zero-order chi connectivity index (χ0) is 9.19. The maximum Gasteiger partial charge on any atom is 0.333 e. The Kier molecular flexibility index (Phi) is 2.46. The number of aromatic nitrogens is 2. The van der Waals surface area contributed by atoms with Crippen molar-refractivity contribution in [2.75, 3.05) is 0 Å². The summed E-state index contributed by atoms with van der Waals surface area (Å²) < 4.78 is 31.1. The lowest BCUT2D eigenvalue weighted by atomic mass is 10.3. The summed E-state index contributed by atoms with van der Waals surface area (Å²) >= 11 is 0. The van der Waals surface area contributed by atoms with Gasteiger partial charge in [-0.3, -0.25) is 4.55 Å². The van der Waals surface area contributed by atoms with Crippen molar-refractivity contribution >= 4 is 10.3 Å². The van der Waals surface area contributed by atoms with E-state index in [4.69, 9.17) is 4.55 Å². The molecule has 1 aromatic rings. The van der Waals surface area contributed by atoms with Crippen LogP contribution in [0.15, 0.2) is 12.5 Å². The average Bonchev–Trinajstić information content (AvgIpc) is 2.32. The van der Waals surface area contributed by atoms with Crippen molar-refractivity contribution < 1.29 is 13.0 Å².